The molecular formula is C8H14N2O5. The van der Waals surface area contributed by atoms with Crippen molar-refractivity contribution >= 4 is 17.8 Å². The number of carbonyl (C=O) groups excluding carboxylic acids is 1. The molecule has 0 saturated carbocycles. The van der Waals surface area contributed by atoms with E-state index in [4.69, 9.17) is 10.2 Å². The fourth-order valence-electron chi connectivity index (χ4n) is 0.987. The maximum Gasteiger partial charge on any atom is 0.317 e. The molecule has 0 aromatic heterocycles. The van der Waals surface area contributed by atoms with Crippen LogP contribution in [0.4, 0.5) is 0 Å². The van der Waals surface area contributed by atoms with Crippen molar-refractivity contribution in [3.8, 4) is 0 Å². The summed E-state index contributed by atoms with van der Waals surface area (Å²) in [6, 6.07) is 0. The smallest absolute Gasteiger partial charge is 0.317 e. The molecule has 0 radical (unpaired) electrons. The molecule has 0 fully saturated rings. The van der Waals surface area contributed by atoms with Gasteiger partial charge in [0.1, 0.15) is 0 Å². The summed E-state index contributed by atoms with van der Waals surface area (Å²) in [5.74, 6) is -2.43. The molecular weight excluding hydrogens is 204 g/mol. The van der Waals surface area contributed by atoms with Crippen molar-refractivity contribution in [1.82, 2.24) is 10.2 Å². The number of hydrogen-bond donors (Lipinski definition) is 3. The number of carbonyl (C=O) groups is 3. The largest absolute Gasteiger partial charge is 0.480 e. The second-order valence-electron chi connectivity index (χ2n) is 2.98. The van der Waals surface area contributed by atoms with E-state index in [1.807, 2.05) is 0 Å². The third-order valence-electron chi connectivity index (χ3n) is 1.52. The van der Waals surface area contributed by atoms with Crippen LogP contribution < -0.4 is 5.32 Å². The van der Waals surface area contributed by atoms with E-state index in [-0.39, 0.29) is 32.1 Å². The molecule has 0 aliphatic heterocycles. The van der Waals surface area contributed by atoms with Gasteiger partial charge in [0, 0.05) is 20.0 Å². The van der Waals surface area contributed by atoms with Gasteiger partial charge in [0.15, 0.2) is 0 Å². The van der Waals surface area contributed by atoms with Crippen LogP contribution in [0.25, 0.3) is 0 Å². The molecule has 0 saturated heterocycles. The van der Waals surface area contributed by atoms with Gasteiger partial charge in [-0.15, -0.1) is 0 Å². The van der Waals surface area contributed by atoms with Gasteiger partial charge in [-0.1, -0.05) is 0 Å². The third kappa shape index (κ3) is 8.69. The van der Waals surface area contributed by atoms with E-state index in [9.17, 15) is 14.4 Å². The molecule has 7 heteroatoms. The summed E-state index contributed by atoms with van der Waals surface area (Å²) in [5, 5.41) is 19.4. The average molecular weight is 218 g/mol. The van der Waals surface area contributed by atoms with Crippen LogP contribution in [-0.2, 0) is 14.4 Å². The molecule has 0 bridgehead atoms. The summed E-state index contributed by atoms with van der Waals surface area (Å²) < 4.78 is 0. The average Bonchev–Trinajstić information content (AvgIpc) is 2.00. The van der Waals surface area contributed by atoms with Crippen LogP contribution in [0.15, 0.2) is 0 Å². The van der Waals surface area contributed by atoms with Gasteiger partial charge in [0.2, 0.25) is 5.91 Å². The number of rotatable bonds is 7. The molecule has 0 aliphatic rings. The van der Waals surface area contributed by atoms with Gasteiger partial charge >= 0.3 is 11.9 Å². The van der Waals surface area contributed by atoms with E-state index >= 15 is 0 Å². The molecule has 15 heavy (non-hydrogen) atoms. The Balaban J connectivity index is 3.94. The van der Waals surface area contributed by atoms with Gasteiger partial charge in [-0.05, 0) is 0 Å². The number of hydrogen-bond acceptors (Lipinski definition) is 4. The zero-order valence-electron chi connectivity index (χ0n) is 8.39. The fraction of sp³-hybridized carbons (Fsp3) is 0.625. The Bertz CT molecular complexity index is 237. The van der Waals surface area contributed by atoms with Crippen LogP contribution in [0, 0.1) is 0 Å². The number of aliphatic carboxylic acids is 2. The van der Waals surface area contributed by atoms with Crippen molar-refractivity contribution in [2.75, 3.05) is 26.2 Å². The quantitative estimate of drug-likeness (QED) is 0.485. The number of nitrogens with one attached hydrogen (secondary N) is 1. The predicted molar refractivity (Wildman–Crippen MR) is 50.4 cm³/mol. The predicted octanol–water partition coefficient (Wildman–Crippen LogP) is -1.41. The molecule has 0 aromatic carbocycles. The Morgan fingerprint density at radius 3 is 1.93 bits per heavy atom. The third-order valence-corrected chi connectivity index (χ3v) is 1.52. The second-order valence-corrected chi connectivity index (χ2v) is 2.98. The summed E-state index contributed by atoms with van der Waals surface area (Å²) >= 11 is 0. The first kappa shape index (κ1) is 13.4. The Morgan fingerprint density at radius 1 is 1.13 bits per heavy atom. The van der Waals surface area contributed by atoms with E-state index in [1.54, 1.807) is 0 Å². The standard InChI is InChI=1S/C8H14N2O5/c1-6(11)9-2-3-10(4-7(12)13)5-8(14)15/h2-5H2,1H3,(H,9,11)(H,12,13)(H,14,15). The van der Waals surface area contributed by atoms with Gasteiger partial charge in [-0.25, -0.2) is 0 Å². The first-order chi connectivity index (χ1) is 6.91. The second kappa shape index (κ2) is 6.77. The van der Waals surface area contributed by atoms with Gasteiger partial charge in [-0.2, -0.15) is 0 Å². The van der Waals surface area contributed by atoms with Crippen LogP contribution >= 0.6 is 0 Å². The molecule has 3 N–H and O–H groups in total. The molecule has 1 amide bonds. The fourth-order valence-corrected chi connectivity index (χ4v) is 0.987. The Morgan fingerprint density at radius 2 is 1.60 bits per heavy atom. The summed E-state index contributed by atoms with van der Waals surface area (Å²) in [4.78, 5) is 32.5. The van der Waals surface area contributed by atoms with Gasteiger partial charge < -0.3 is 15.5 Å². The minimum atomic E-state index is -1.10. The Labute approximate surface area is 86.7 Å². The molecule has 0 rings (SSSR count). The molecule has 0 spiro atoms. The summed E-state index contributed by atoms with van der Waals surface area (Å²) in [6.07, 6.45) is 0. The Kier molecular flexibility index (Phi) is 6.03. The van der Waals surface area contributed by atoms with E-state index in [0.717, 1.165) is 0 Å². The lowest BCUT2D eigenvalue weighted by molar-refractivity contribution is -0.141. The highest BCUT2D eigenvalue weighted by Crippen LogP contribution is 1.87. The van der Waals surface area contributed by atoms with Crippen LogP contribution in [0.1, 0.15) is 6.92 Å². The highest BCUT2D eigenvalue weighted by molar-refractivity contribution is 5.73. The van der Waals surface area contributed by atoms with E-state index < -0.39 is 11.9 Å². The lowest BCUT2D eigenvalue weighted by atomic mass is 10.4. The highest BCUT2D eigenvalue weighted by Gasteiger charge is 2.12. The maximum atomic E-state index is 10.5. The SMILES string of the molecule is CC(=O)NCCN(CC(=O)O)CC(=O)O. The molecule has 7 nitrogen and oxygen atoms in total. The summed E-state index contributed by atoms with van der Waals surface area (Å²) in [5.41, 5.74) is 0. The van der Waals surface area contributed by atoms with Crippen molar-refractivity contribution in [3.63, 3.8) is 0 Å². The minimum absolute atomic E-state index is 0.193. The zero-order valence-corrected chi connectivity index (χ0v) is 8.39. The van der Waals surface area contributed by atoms with E-state index in [2.05, 4.69) is 5.32 Å². The van der Waals surface area contributed by atoms with Crippen molar-refractivity contribution in [2.24, 2.45) is 0 Å². The van der Waals surface area contributed by atoms with Crippen LogP contribution in [0.3, 0.4) is 0 Å². The van der Waals surface area contributed by atoms with E-state index in [0.29, 0.717) is 0 Å². The number of amides is 1. The number of carboxylic acids is 2. The van der Waals surface area contributed by atoms with Gasteiger partial charge in [0.25, 0.3) is 0 Å². The summed E-state index contributed by atoms with van der Waals surface area (Å²) in [6.45, 7) is 1.05. The lowest BCUT2D eigenvalue weighted by Gasteiger charge is -2.17. The monoisotopic (exact) mass is 218 g/mol. The topological polar surface area (TPSA) is 107 Å². The molecule has 0 aromatic rings. The van der Waals surface area contributed by atoms with Crippen molar-refractivity contribution in [2.45, 2.75) is 6.92 Å². The first-order valence-electron chi connectivity index (χ1n) is 4.32. The molecule has 86 valence electrons. The molecule has 0 unspecified atom stereocenters. The van der Waals surface area contributed by atoms with Crippen molar-refractivity contribution < 1.29 is 24.6 Å². The highest BCUT2D eigenvalue weighted by atomic mass is 16.4. The number of nitrogens with zero attached hydrogens (tertiary/aromatic N) is 1. The number of carboxylic acid groups (broad SMARTS) is 2. The zero-order chi connectivity index (χ0) is 11.8. The normalized spacial score (nSPS) is 10.0. The lowest BCUT2D eigenvalue weighted by Crippen LogP contribution is -2.39. The van der Waals surface area contributed by atoms with Crippen LogP contribution in [-0.4, -0.2) is 59.1 Å². The summed E-state index contributed by atoms with van der Waals surface area (Å²) in [7, 11) is 0. The van der Waals surface area contributed by atoms with Gasteiger partial charge in [-0.3, -0.25) is 19.3 Å². The minimum Gasteiger partial charge on any atom is -0.480 e. The van der Waals surface area contributed by atoms with Crippen LogP contribution in [0.5, 0.6) is 0 Å². The maximum absolute atomic E-state index is 10.5. The van der Waals surface area contributed by atoms with Crippen molar-refractivity contribution in [1.29, 1.82) is 0 Å². The molecule has 0 heterocycles. The van der Waals surface area contributed by atoms with Gasteiger partial charge in [0.05, 0.1) is 13.1 Å². The van der Waals surface area contributed by atoms with Crippen molar-refractivity contribution in [3.05, 3.63) is 0 Å². The molecule has 0 aliphatic carbocycles. The Hall–Kier alpha value is -1.63. The molecule has 0 atom stereocenters. The first-order valence-corrected chi connectivity index (χ1v) is 4.32. The van der Waals surface area contributed by atoms with Crippen LogP contribution in [0.2, 0.25) is 0 Å². The van der Waals surface area contributed by atoms with E-state index in [1.165, 1.54) is 11.8 Å².